The molecule has 0 saturated heterocycles. The molecule has 0 unspecified atom stereocenters. The van der Waals surface area contributed by atoms with Crippen LogP contribution in [0.5, 0.6) is 0 Å². The minimum Gasteiger partial charge on any atom is -0.331 e. The van der Waals surface area contributed by atoms with Crippen LogP contribution in [-0.2, 0) is 0 Å². The molecule has 1 aromatic heterocycles. The second-order valence-corrected chi connectivity index (χ2v) is 6.49. The van der Waals surface area contributed by atoms with E-state index in [9.17, 15) is 0 Å². The van der Waals surface area contributed by atoms with Gasteiger partial charge in [0.15, 0.2) is 5.13 Å². The summed E-state index contributed by atoms with van der Waals surface area (Å²) in [7, 11) is 0. The molecule has 120 valence electrons. The summed E-state index contributed by atoms with van der Waals surface area (Å²) >= 11 is 7.61. The number of nitrogens with one attached hydrogen (secondary N) is 1. The van der Waals surface area contributed by atoms with Gasteiger partial charge in [-0.2, -0.15) is 0 Å². The highest BCUT2D eigenvalue weighted by atomic mass is 35.5. The molecule has 0 atom stereocenters. The molecule has 24 heavy (non-hydrogen) atoms. The van der Waals surface area contributed by atoms with Crippen molar-refractivity contribution in [2.75, 3.05) is 5.32 Å². The molecule has 0 aliphatic carbocycles. The maximum atomic E-state index is 6.02. The van der Waals surface area contributed by atoms with Gasteiger partial charge in [-0.15, -0.1) is 23.7 Å². The van der Waals surface area contributed by atoms with E-state index in [1.807, 2.05) is 24.3 Å². The Labute approximate surface area is 155 Å². The number of aromatic nitrogens is 1. The van der Waals surface area contributed by atoms with Crippen molar-refractivity contribution >= 4 is 56.9 Å². The fourth-order valence-corrected chi connectivity index (χ4v) is 3.51. The number of hydrogen-bond acceptors (Lipinski definition) is 3. The molecular formula is C19H14Cl2N2S. The van der Waals surface area contributed by atoms with E-state index >= 15 is 0 Å². The molecule has 0 aliphatic heterocycles. The fourth-order valence-electron chi connectivity index (χ4n) is 2.59. The lowest BCUT2D eigenvalue weighted by Gasteiger charge is -2.04. The van der Waals surface area contributed by atoms with Gasteiger partial charge in [0.1, 0.15) is 0 Å². The van der Waals surface area contributed by atoms with Crippen molar-refractivity contribution in [3.05, 3.63) is 77.1 Å². The number of nitrogens with zero attached hydrogens (tertiary/aromatic N) is 1. The molecule has 3 aromatic carbocycles. The van der Waals surface area contributed by atoms with Crippen LogP contribution in [0.1, 0.15) is 0 Å². The first-order valence-corrected chi connectivity index (χ1v) is 8.52. The van der Waals surface area contributed by atoms with Crippen LogP contribution in [0.25, 0.3) is 22.0 Å². The number of benzene rings is 3. The van der Waals surface area contributed by atoms with Crippen molar-refractivity contribution in [2.45, 2.75) is 0 Å². The zero-order valence-electron chi connectivity index (χ0n) is 12.6. The number of anilines is 2. The van der Waals surface area contributed by atoms with Gasteiger partial charge < -0.3 is 5.32 Å². The molecular weight excluding hydrogens is 359 g/mol. The quantitative estimate of drug-likeness (QED) is 0.428. The topological polar surface area (TPSA) is 24.9 Å². The molecule has 4 rings (SSSR count). The second kappa shape index (κ2) is 7.22. The summed E-state index contributed by atoms with van der Waals surface area (Å²) in [6.07, 6.45) is 0. The average molecular weight is 373 g/mol. The number of halogens is 2. The van der Waals surface area contributed by atoms with E-state index in [-0.39, 0.29) is 12.4 Å². The fraction of sp³-hybridized carbons (Fsp3) is 0. The molecule has 0 saturated carbocycles. The first kappa shape index (κ1) is 16.8. The van der Waals surface area contributed by atoms with Gasteiger partial charge in [-0.3, -0.25) is 0 Å². The first-order chi connectivity index (χ1) is 11.3. The van der Waals surface area contributed by atoms with E-state index in [0.29, 0.717) is 5.02 Å². The number of hydrogen-bond donors (Lipinski definition) is 1. The summed E-state index contributed by atoms with van der Waals surface area (Å²) in [5.74, 6) is 0. The Morgan fingerprint density at radius 1 is 0.917 bits per heavy atom. The lowest BCUT2D eigenvalue weighted by molar-refractivity contribution is 1.39. The normalized spacial score (nSPS) is 10.4. The van der Waals surface area contributed by atoms with Crippen LogP contribution in [-0.4, -0.2) is 4.98 Å². The van der Waals surface area contributed by atoms with Crippen LogP contribution in [0.2, 0.25) is 5.02 Å². The van der Waals surface area contributed by atoms with E-state index in [2.05, 4.69) is 53.2 Å². The average Bonchev–Trinajstić information content (AvgIpc) is 3.02. The summed E-state index contributed by atoms with van der Waals surface area (Å²) in [4.78, 5) is 4.72. The molecule has 0 amide bonds. The van der Waals surface area contributed by atoms with Gasteiger partial charge in [0.05, 0.1) is 5.69 Å². The minimum absolute atomic E-state index is 0. The molecule has 0 aliphatic rings. The van der Waals surface area contributed by atoms with Gasteiger partial charge >= 0.3 is 0 Å². The predicted molar refractivity (Wildman–Crippen MR) is 107 cm³/mol. The number of thiazole rings is 1. The highest BCUT2D eigenvalue weighted by Gasteiger charge is 2.08. The van der Waals surface area contributed by atoms with E-state index < -0.39 is 0 Å². The Bertz CT molecular complexity index is 976. The maximum Gasteiger partial charge on any atom is 0.187 e. The molecule has 2 nitrogen and oxygen atoms in total. The standard InChI is InChI=1S/C19H13ClN2S.ClH/c20-14-7-4-8-15(11-14)21-19-22-18(12-23-19)17-10-3-6-13-5-1-2-9-16(13)17;/h1-12H,(H,21,22);1H. The smallest absolute Gasteiger partial charge is 0.187 e. The Balaban J connectivity index is 0.00000169. The molecule has 0 radical (unpaired) electrons. The van der Waals surface area contributed by atoms with Gasteiger partial charge in [0.25, 0.3) is 0 Å². The summed E-state index contributed by atoms with van der Waals surface area (Å²) in [5.41, 5.74) is 3.08. The molecule has 1 heterocycles. The van der Waals surface area contributed by atoms with Crippen molar-refractivity contribution in [1.82, 2.24) is 4.98 Å². The van der Waals surface area contributed by atoms with Gasteiger partial charge in [0, 0.05) is 21.7 Å². The summed E-state index contributed by atoms with van der Waals surface area (Å²) in [5, 5.41) is 9.39. The lowest BCUT2D eigenvalue weighted by atomic mass is 10.0. The highest BCUT2D eigenvalue weighted by molar-refractivity contribution is 7.14. The Kier molecular flexibility index (Phi) is 5.05. The third-order valence-corrected chi connectivity index (χ3v) is 4.64. The van der Waals surface area contributed by atoms with Gasteiger partial charge in [-0.25, -0.2) is 4.98 Å². The van der Waals surface area contributed by atoms with E-state index in [1.165, 1.54) is 10.8 Å². The van der Waals surface area contributed by atoms with Crippen LogP contribution >= 0.6 is 35.3 Å². The Hall–Kier alpha value is -2.07. The monoisotopic (exact) mass is 372 g/mol. The SMILES string of the molecule is Cl.Clc1cccc(Nc2nc(-c3cccc4ccccc34)cs2)c1. The van der Waals surface area contributed by atoms with Gasteiger partial charge in [-0.05, 0) is 29.0 Å². The van der Waals surface area contributed by atoms with E-state index in [4.69, 9.17) is 16.6 Å². The molecule has 1 N–H and O–H groups in total. The van der Waals surface area contributed by atoms with Crippen LogP contribution in [0.15, 0.2) is 72.1 Å². The summed E-state index contributed by atoms with van der Waals surface area (Å²) < 4.78 is 0. The van der Waals surface area contributed by atoms with Crippen molar-refractivity contribution in [3.63, 3.8) is 0 Å². The Morgan fingerprint density at radius 2 is 1.71 bits per heavy atom. The van der Waals surface area contributed by atoms with Crippen molar-refractivity contribution in [2.24, 2.45) is 0 Å². The van der Waals surface area contributed by atoms with Crippen LogP contribution in [0, 0.1) is 0 Å². The summed E-state index contributed by atoms with van der Waals surface area (Å²) in [6, 6.07) is 22.3. The maximum absolute atomic E-state index is 6.02. The van der Waals surface area contributed by atoms with Gasteiger partial charge in [0.2, 0.25) is 0 Å². The lowest BCUT2D eigenvalue weighted by Crippen LogP contribution is -1.89. The molecule has 0 bridgehead atoms. The second-order valence-electron chi connectivity index (χ2n) is 5.20. The van der Waals surface area contributed by atoms with E-state index in [1.54, 1.807) is 11.3 Å². The first-order valence-electron chi connectivity index (χ1n) is 7.26. The van der Waals surface area contributed by atoms with Crippen LogP contribution in [0.4, 0.5) is 10.8 Å². The van der Waals surface area contributed by atoms with Crippen molar-refractivity contribution in [1.29, 1.82) is 0 Å². The van der Waals surface area contributed by atoms with Crippen LogP contribution < -0.4 is 5.32 Å². The molecule has 5 heteroatoms. The third kappa shape index (κ3) is 3.39. The van der Waals surface area contributed by atoms with Gasteiger partial charge in [-0.1, -0.05) is 60.1 Å². The highest BCUT2D eigenvalue weighted by Crippen LogP contribution is 2.32. The number of rotatable bonds is 3. The van der Waals surface area contributed by atoms with Crippen molar-refractivity contribution in [3.8, 4) is 11.3 Å². The largest absolute Gasteiger partial charge is 0.331 e. The summed E-state index contributed by atoms with van der Waals surface area (Å²) in [6.45, 7) is 0. The third-order valence-electron chi connectivity index (χ3n) is 3.65. The number of fused-ring (bicyclic) bond motifs is 1. The van der Waals surface area contributed by atoms with Crippen LogP contribution in [0.3, 0.4) is 0 Å². The van der Waals surface area contributed by atoms with E-state index in [0.717, 1.165) is 22.1 Å². The van der Waals surface area contributed by atoms with Crippen molar-refractivity contribution < 1.29 is 0 Å². The Morgan fingerprint density at radius 3 is 2.58 bits per heavy atom. The predicted octanol–water partition coefficient (Wildman–Crippen LogP) is 6.78. The minimum atomic E-state index is 0. The zero-order chi connectivity index (χ0) is 15.6. The molecule has 4 aromatic rings. The zero-order valence-corrected chi connectivity index (χ0v) is 15.0. The molecule has 0 spiro atoms. The molecule has 0 fully saturated rings.